The molecular weight excluding hydrogens is 236 g/mol. The number of amides is 1. The molecule has 1 aromatic carbocycles. The van der Waals surface area contributed by atoms with E-state index in [1.807, 2.05) is 11.0 Å². The van der Waals surface area contributed by atoms with Gasteiger partial charge in [-0.15, -0.1) is 0 Å². The van der Waals surface area contributed by atoms with Gasteiger partial charge in [-0.3, -0.25) is 4.79 Å². The molecule has 2 aliphatic heterocycles. The fourth-order valence-electron chi connectivity index (χ4n) is 3.28. The van der Waals surface area contributed by atoms with E-state index < -0.39 is 0 Å². The maximum atomic E-state index is 12.5. The van der Waals surface area contributed by atoms with Crippen LogP contribution in [0.2, 0.25) is 0 Å². The molecule has 1 aromatic rings. The first-order chi connectivity index (χ1) is 9.24. The summed E-state index contributed by atoms with van der Waals surface area (Å²) in [5.41, 5.74) is 2.44. The lowest BCUT2D eigenvalue weighted by Crippen LogP contribution is -2.41. The summed E-state index contributed by atoms with van der Waals surface area (Å²) in [6, 6.07) is 8.72. The Hall–Kier alpha value is -1.35. The molecule has 102 valence electrons. The van der Waals surface area contributed by atoms with Gasteiger partial charge < -0.3 is 10.2 Å². The van der Waals surface area contributed by atoms with Gasteiger partial charge in [0.15, 0.2) is 0 Å². The summed E-state index contributed by atoms with van der Waals surface area (Å²) >= 11 is 0. The first-order valence-electron chi connectivity index (χ1n) is 7.35. The van der Waals surface area contributed by atoms with E-state index in [0.29, 0.717) is 18.4 Å². The van der Waals surface area contributed by atoms with Crippen LogP contribution in [-0.4, -0.2) is 25.0 Å². The Kier molecular flexibility index (Phi) is 3.56. The van der Waals surface area contributed by atoms with Gasteiger partial charge in [-0.25, -0.2) is 0 Å². The third-order valence-corrected chi connectivity index (χ3v) is 4.23. The van der Waals surface area contributed by atoms with Gasteiger partial charge in [0.25, 0.3) is 0 Å². The number of rotatable bonds is 2. The number of hydrogen-bond acceptors (Lipinski definition) is 2. The van der Waals surface area contributed by atoms with Gasteiger partial charge in [0.1, 0.15) is 0 Å². The molecule has 3 heteroatoms. The number of benzene rings is 1. The minimum Gasteiger partial charge on any atom is -0.313 e. The van der Waals surface area contributed by atoms with Crippen LogP contribution in [0, 0.1) is 5.92 Å². The third-order valence-electron chi connectivity index (χ3n) is 4.23. The molecular formula is C16H22N2O. The van der Waals surface area contributed by atoms with Crippen LogP contribution in [0.5, 0.6) is 0 Å². The van der Waals surface area contributed by atoms with E-state index in [4.69, 9.17) is 0 Å². The predicted octanol–water partition coefficient (Wildman–Crippen LogP) is 2.35. The molecule has 2 heterocycles. The zero-order chi connectivity index (χ0) is 13.2. The molecule has 1 fully saturated rings. The van der Waals surface area contributed by atoms with Crippen LogP contribution in [0.15, 0.2) is 24.3 Å². The first kappa shape index (κ1) is 12.7. The summed E-state index contributed by atoms with van der Waals surface area (Å²) < 4.78 is 0. The average molecular weight is 258 g/mol. The smallest absolute Gasteiger partial charge is 0.228 e. The number of carbonyl (C=O) groups is 1. The fraction of sp³-hybridized carbons (Fsp3) is 0.562. The molecule has 1 saturated heterocycles. The first-order valence-corrected chi connectivity index (χ1v) is 7.35. The van der Waals surface area contributed by atoms with Gasteiger partial charge >= 0.3 is 0 Å². The second-order valence-corrected chi connectivity index (χ2v) is 5.94. The SMILES string of the molecule is CC1Cc2ccccc2N(C(=O)CC2CCCN2)C1. The highest BCUT2D eigenvalue weighted by molar-refractivity contribution is 5.95. The monoisotopic (exact) mass is 258 g/mol. The van der Waals surface area contributed by atoms with Crippen LogP contribution in [0.1, 0.15) is 31.7 Å². The number of nitrogens with one attached hydrogen (secondary N) is 1. The molecule has 0 radical (unpaired) electrons. The van der Waals surface area contributed by atoms with Crippen molar-refractivity contribution in [2.45, 2.75) is 38.6 Å². The highest BCUT2D eigenvalue weighted by Gasteiger charge is 2.28. The number of fused-ring (bicyclic) bond motifs is 1. The minimum absolute atomic E-state index is 0.276. The van der Waals surface area contributed by atoms with Crippen molar-refractivity contribution >= 4 is 11.6 Å². The largest absolute Gasteiger partial charge is 0.313 e. The van der Waals surface area contributed by atoms with Crippen molar-refractivity contribution in [3.05, 3.63) is 29.8 Å². The lowest BCUT2D eigenvalue weighted by molar-refractivity contribution is -0.119. The van der Waals surface area contributed by atoms with Gasteiger partial charge in [-0.05, 0) is 43.4 Å². The van der Waals surface area contributed by atoms with Gasteiger partial charge in [-0.1, -0.05) is 25.1 Å². The van der Waals surface area contributed by atoms with E-state index in [-0.39, 0.29) is 5.91 Å². The van der Waals surface area contributed by atoms with E-state index in [0.717, 1.165) is 31.6 Å². The van der Waals surface area contributed by atoms with E-state index in [2.05, 4.69) is 30.4 Å². The number of carbonyl (C=O) groups excluding carboxylic acids is 1. The van der Waals surface area contributed by atoms with Gasteiger partial charge in [-0.2, -0.15) is 0 Å². The number of hydrogen-bond donors (Lipinski definition) is 1. The maximum absolute atomic E-state index is 12.5. The molecule has 0 aromatic heterocycles. The highest BCUT2D eigenvalue weighted by Crippen LogP contribution is 2.30. The Morgan fingerprint density at radius 1 is 1.42 bits per heavy atom. The summed E-state index contributed by atoms with van der Waals surface area (Å²) in [7, 11) is 0. The second-order valence-electron chi connectivity index (χ2n) is 5.94. The van der Waals surface area contributed by atoms with Crippen molar-refractivity contribution in [1.29, 1.82) is 0 Å². The molecule has 0 bridgehead atoms. The minimum atomic E-state index is 0.276. The van der Waals surface area contributed by atoms with E-state index in [1.54, 1.807) is 0 Å². The Morgan fingerprint density at radius 2 is 2.26 bits per heavy atom. The average Bonchev–Trinajstić information content (AvgIpc) is 2.90. The van der Waals surface area contributed by atoms with Crippen LogP contribution < -0.4 is 10.2 Å². The summed E-state index contributed by atoms with van der Waals surface area (Å²) in [6.07, 6.45) is 4.06. The lowest BCUT2D eigenvalue weighted by atomic mass is 9.93. The van der Waals surface area contributed by atoms with Gasteiger partial charge in [0.2, 0.25) is 5.91 Å². The summed E-state index contributed by atoms with van der Waals surface area (Å²) in [5, 5.41) is 3.41. The number of nitrogens with zero attached hydrogens (tertiary/aromatic N) is 1. The Balaban J connectivity index is 1.78. The molecule has 1 N–H and O–H groups in total. The van der Waals surface area contributed by atoms with Crippen molar-refractivity contribution < 1.29 is 4.79 Å². The van der Waals surface area contributed by atoms with Crippen LogP contribution >= 0.6 is 0 Å². The molecule has 1 amide bonds. The van der Waals surface area contributed by atoms with Crippen molar-refractivity contribution in [3.63, 3.8) is 0 Å². The fourth-order valence-corrected chi connectivity index (χ4v) is 3.28. The third kappa shape index (κ3) is 2.66. The molecule has 2 aliphatic rings. The van der Waals surface area contributed by atoms with E-state index in [1.165, 1.54) is 12.0 Å². The summed E-state index contributed by atoms with van der Waals surface area (Å²) in [6.45, 7) is 4.15. The lowest BCUT2D eigenvalue weighted by Gasteiger charge is -2.33. The molecule has 0 aliphatic carbocycles. The zero-order valence-corrected chi connectivity index (χ0v) is 11.6. The van der Waals surface area contributed by atoms with Gasteiger partial charge in [0, 0.05) is 24.7 Å². The number of anilines is 1. The van der Waals surface area contributed by atoms with Crippen molar-refractivity contribution in [2.75, 3.05) is 18.0 Å². The van der Waals surface area contributed by atoms with Gasteiger partial charge in [0.05, 0.1) is 0 Å². The Labute approximate surface area is 115 Å². The number of para-hydroxylation sites is 1. The zero-order valence-electron chi connectivity index (χ0n) is 11.6. The normalized spacial score (nSPS) is 26.3. The van der Waals surface area contributed by atoms with Crippen molar-refractivity contribution in [2.24, 2.45) is 5.92 Å². The second kappa shape index (κ2) is 5.33. The summed E-state index contributed by atoms with van der Waals surface area (Å²) in [4.78, 5) is 14.6. The topological polar surface area (TPSA) is 32.3 Å². The predicted molar refractivity (Wildman–Crippen MR) is 77.3 cm³/mol. The molecule has 0 spiro atoms. The summed E-state index contributed by atoms with van der Waals surface area (Å²) in [5.74, 6) is 0.828. The van der Waals surface area contributed by atoms with Crippen LogP contribution in [0.4, 0.5) is 5.69 Å². The Bertz CT molecular complexity index is 466. The van der Waals surface area contributed by atoms with Crippen LogP contribution in [0.3, 0.4) is 0 Å². The van der Waals surface area contributed by atoms with Crippen molar-refractivity contribution in [1.82, 2.24) is 5.32 Å². The quantitative estimate of drug-likeness (QED) is 0.883. The van der Waals surface area contributed by atoms with Crippen LogP contribution in [-0.2, 0) is 11.2 Å². The molecule has 3 rings (SSSR count). The van der Waals surface area contributed by atoms with Crippen LogP contribution in [0.25, 0.3) is 0 Å². The molecule has 0 saturated carbocycles. The van der Waals surface area contributed by atoms with Crippen molar-refractivity contribution in [3.8, 4) is 0 Å². The Morgan fingerprint density at radius 3 is 3.05 bits per heavy atom. The highest BCUT2D eigenvalue weighted by atomic mass is 16.2. The molecule has 19 heavy (non-hydrogen) atoms. The maximum Gasteiger partial charge on any atom is 0.228 e. The molecule has 3 nitrogen and oxygen atoms in total. The van der Waals surface area contributed by atoms with E-state index in [9.17, 15) is 4.79 Å². The molecule has 2 atom stereocenters. The van der Waals surface area contributed by atoms with E-state index >= 15 is 0 Å². The standard InChI is InChI=1S/C16H22N2O/c1-12-9-13-5-2-3-7-15(13)18(11-12)16(19)10-14-6-4-8-17-14/h2-3,5,7,12,14,17H,4,6,8-11H2,1H3. The molecule has 2 unspecified atom stereocenters.